The van der Waals surface area contributed by atoms with Gasteiger partial charge in [0.25, 0.3) is 0 Å². The first-order valence-electron chi connectivity index (χ1n) is 7.14. The van der Waals surface area contributed by atoms with Crippen molar-refractivity contribution in [1.29, 1.82) is 0 Å². The molecule has 1 saturated heterocycles. The number of rotatable bonds is 3. The van der Waals surface area contributed by atoms with Crippen LogP contribution in [0.1, 0.15) is 36.0 Å². The number of hydrogen-bond acceptors (Lipinski definition) is 2. The maximum Gasteiger partial charge on any atom is 0.224 e. The van der Waals surface area contributed by atoms with Crippen molar-refractivity contribution in [3.63, 3.8) is 0 Å². The molecule has 3 nitrogen and oxygen atoms in total. The van der Waals surface area contributed by atoms with E-state index in [1.807, 2.05) is 6.92 Å². The average molecular weight is 260 g/mol. The molecular formula is C16H24N2O. The van der Waals surface area contributed by atoms with Crippen LogP contribution < -0.4 is 10.6 Å². The van der Waals surface area contributed by atoms with Gasteiger partial charge in [0.15, 0.2) is 0 Å². The van der Waals surface area contributed by atoms with Crippen LogP contribution in [0.5, 0.6) is 0 Å². The molecule has 0 aromatic heterocycles. The van der Waals surface area contributed by atoms with E-state index in [1.165, 1.54) is 11.1 Å². The zero-order valence-electron chi connectivity index (χ0n) is 12.2. The predicted molar refractivity (Wildman–Crippen MR) is 79.5 cm³/mol. The van der Waals surface area contributed by atoms with Crippen LogP contribution >= 0.6 is 0 Å². The Bertz CT molecular complexity index is 462. The largest absolute Gasteiger partial charge is 0.326 e. The summed E-state index contributed by atoms with van der Waals surface area (Å²) < 4.78 is 0. The lowest BCUT2D eigenvalue weighted by molar-refractivity contribution is -0.117. The van der Waals surface area contributed by atoms with Gasteiger partial charge in [0, 0.05) is 12.1 Å². The topological polar surface area (TPSA) is 41.1 Å². The van der Waals surface area contributed by atoms with Crippen molar-refractivity contribution in [1.82, 2.24) is 5.32 Å². The number of nitrogens with one attached hydrogen (secondary N) is 2. The third-order valence-corrected chi connectivity index (χ3v) is 4.05. The van der Waals surface area contributed by atoms with Gasteiger partial charge in [-0.15, -0.1) is 0 Å². The number of hydrogen-bond donors (Lipinski definition) is 2. The Hall–Kier alpha value is -1.35. The Kier molecular flexibility index (Phi) is 4.59. The monoisotopic (exact) mass is 260 g/mol. The third kappa shape index (κ3) is 3.80. The van der Waals surface area contributed by atoms with Gasteiger partial charge in [0.05, 0.1) is 0 Å². The number of piperidine rings is 1. The van der Waals surface area contributed by atoms with E-state index in [4.69, 9.17) is 0 Å². The number of carbonyl (C=O) groups is 1. The van der Waals surface area contributed by atoms with Crippen molar-refractivity contribution >= 4 is 11.6 Å². The van der Waals surface area contributed by atoms with Gasteiger partial charge in [-0.1, -0.05) is 6.07 Å². The summed E-state index contributed by atoms with van der Waals surface area (Å²) >= 11 is 0. The van der Waals surface area contributed by atoms with Crippen LogP contribution in [0.2, 0.25) is 0 Å². The summed E-state index contributed by atoms with van der Waals surface area (Å²) in [6.45, 7) is 8.31. The van der Waals surface area contributed by atoms with Gasteiger partial charge in [0.2, 0.25) is 5.91 Å². The molecule has 1 heterocycles. The predicted octanol–water partition coefficient (Wildman–Crippen LogP) is 2.94. The van der Waals surface area contributed by atoms with E-state index in [0.29, 0.717) is 12.3 Å². The zero-order chi connectivity index (χ0) is 13.8. The van der Waals surface area contributed by atoms with Gasteiger partial charge < -0.3 is 10.6 Å². The number of aryl methyl sites for hydroxylation is 3. The lowest BCUT2D eigenvalue weighted by Crippen LogP contribution is -2.30. The number of benzene rings is 1. The Labute approximate surface area is 115 Å². The molecule has 3 heteroatoms. The molecule has 0 spiro atoms. The second kappa shape index (κ2) is 6.20. The van der Waals surface area contributed by atoms with Gasteiger partial charge in [-0.05, 0) is 75.4 Å². The zero-order valence-corrected chi connectivity index (χ0v) is 12.2. The molecule has 1 aromatic rings. The van der Waals surface area contributed by atoms with Crippen molar-refractivity contribution < 1.29 is 4.79 Å². The molecule has 0 aliphatic carbocycles. The molecule has 0 saturated carbocycles. The van der Waals surface area contributed by atoms with Crippen LogP contribution in [0, 0.1) is 26.7 Å². The highest BCUT2D eigenvalue weighted by molar-refractivity contribution is 5.91. The van der Waals surface area contributed by atoms with E-state index >= 15 is 0 Å². The van der Waals surface area contributed by atoms with Crippen LogP contribution in [-0.2, 0) is 4.79 Å². The molecule has 0 unspecified atom stereocenters. The molecular weight excluding hydrogens is 236 g/mol. The highest BCUT2D eigenvalue weighted by Crippen LogP contribution is 2.22. The molecule has 1 aliphatic rings. The summed E-state index contributed by atoms with van der Waals surface area (Å²) in [6.07, 6.45) is 2.87. The molecule has 2 N–H and O–H groups in total. The Balaban J connectivity index is 1.96. The first-order chi connectivity index (χ1) is 9.06. The third-order valence-electron chi connectivity index (χ3n) is 4.05. The summed E-state index contributed by atoms with van der Waals surface area (Å²) in [4.78, 5) is 12.1. The molecule has 1 amide bonds. The second-order valence-electron chi connectivity index (χ2n) is 5.70. The fourth-order valence-electron chi connectivity index (χ4n) is 2.64. The van der Waals surface area contributed by atoms with E-state index < -0.39 is 0 Å². The Morgan fingerprint density at radius 2 is 1.79 bits per heavy atom. The summed E-state index contributed by atoms with van der Waals surface area (Å²) in [7, 11) is 0. The maximum absolute atomic E-state index is 12.1. The fourth-order valence-corrected chi connectivity index (χ4v) is 2.64. The minimum absolute atomic E-state index is 0.151. The SMILES string of the molecule is Cc1cc(C)c(NC(=O)CC2CCNCC2)cc1C. The first-order valence-corrected chi connectivity index (χ1v) is 7.14. The quantitative estimate of drug-likeness (QED) is 0.877. The molecule has 1 fully saturated rings. The summed E-state index contributed by atoms with van der Waals surface area (Å²) in [5.41, 5.74) is 4.60. The Morgan fingerprint density at radius 1 is 1.16 bits per heavy atom. The van der Waals surface area contributed by atoms with E-state index in [2.05, 4.69) is 36.6 Å². The van der Waals surface area contributed by atoms with Crippen LogP contribution in [0.15, 0.2) is 12.1 Å². The number of carbonyl (C=O) groups excluding carboxylic acids is 1. The average Bonchev–Trinajstić information content (AvgIpc) is 2.37. The van der Waals surface area contributed by atoms with E-state index in [-0.39, 0.29) is 5.91 Å². The number of amides is 1. The number of anilines is 1. The highest BCUT2D eigenvalue weighted by Gasteiger charge is 2.17. The van der Waals surface area contributed by atoms with Crippen molar-refractivity contribution in [2.45, 2.75) is 40.0 Å². The van der Waals surface area contributed by atoms with Crippen molar-refractivity contribution in [2.75, 3.05) is 18.4 Å². The fraction of sp³-hybridized carbons (Fsp3) is 0.562. The molecule has 2 rings (SSSR count). The molecule has 19 heavy (non-hydrogen) atoms. The molecule has 104 valence electrons. The summed E-state index contributed by atoms with van der Waals surface area (Å²) in [5.74, 6) is 0.686. The van der Waals surface area contributed by atoms with Crippen molar-refractivity contribution in [3.8, 4) is 0 Å². The maximum atomic E-state index is 12.1. The van der Waals surface area contributed by atoms with Gasteiger partial charge >= 0.3 is 0 Å². The second-order valence-corrected chi connectivity index (χ2v) is 5.70. The molecule has 1 aromatic carbocycles. The van der Waals surface area contributed by atoms with Crippen molar-refractivity contribution in [3.05, 3.63) is 28.8 Å². The van der Waals surface area contributed by atoms with E-state index in [9.17, 15) is 4.79 Å². The minimum atomic E-state index is 0.151. The molecule has 0 atom stereocenters. The van der Waals surface area contributed by atoms with Gasteiger partial charge in [-0.25, -0.2) is 0 Å². The van der Waals surface area contributed by atoms with Gasteiger partial charge in [0.1, 0.15) is 0 Å². The lowest BCUT2D eigenvalue weighted by Gasteiger charge is -2.22. The standard InChI is InChI=1S/C16H24N2O/c1-11-8-13(3)15(9-12(11)2)18-16(19)10-14-4-6-17-7-5-14/h8-9,14,17H,4-7,10H2,1-3H3,(H,18,19). The van der Waals surface area contributed by atoms with Gasteiger partial charge in [-0.2, -0.15) is 0 Å². The van der Waals surface area contributed by atoms with Crippen molar-refractivity contribution in [2.24, 2.45) is 5.92 Å². The Morgan fingerprint density at radius 3 is 2.47 bits per heavy atom. The minimum Gasteiger partial charge on any atom is -0.326 e. The molecule has 0 bridgehead atoms. The van der Waals surface area contributed by atoms with Crippen LogP contribution in [0.3, 0.4) is 0 Å². The highest BCUT2D eigenvalue weighted by atomic mass is 16.1. The lowest BCUT2D eigenvalue weighted by atomic mass is 9.94. The molecule has 0 radical (unpaired) electrons. The molecule has 1 aliphatic heterocycles. The van der Waals surface area contributed by atoms with Crippen LogP contribution in [0.4, 0.5) is 5.69 Å². The summed E-state index contributed by atoms with van der Waals surface area (Å²) in [5, 5.41) is 6.39. The van der Waals surface area contributed by atoms with Gasteiger partial charge in [-0.3, -0.25) is 4.79 Å². The smallest absolute Gasteiger partial charge is 0.224 e. The van der Waals surface area contributed by atoms with E-state index in [1.54, 1.807) is 0 Å². The first kappa shape index (κ1) is 14.1. The van der Waals surface area contributed by atoms with Crippen LogP contribution in [-0.4, -0.2) is 19.0 Å². The van der Waals surface area contributed by atoms with Crippen LogP contribution in [0.25, 0.3) is 0 Å². The summed E-state index contributed by atoms with van der Waals surface area (Å²) in [6, 6.07) is 4.21. The normalized spacial score (nSPS) is 16.4. The van der Waals surface area contributed by atoms with E-state index in [0.717, 1.165) is 37.2 Å².